The lowest BCUT2D eigenvalue weighted by molar-refractivity contribution is -0.193. The number of ether oxygens (including phenoxy) is 8. The highest BCUT2D eigenvalue weighted by molar-refractivity contribution is 5.82. The summed E-state index contributed by atoms with van der Waals surface area (Å²) >= 11 is 0. The molecule has 7 rings (SSSR count). The molecule has 1 N–H and O–H groups in total. The molecule has 1 aliphatic carbocycles. The molecule has 1 aromatic carbocycles. The van der Waals surface area contributed by atoms with Crippen LogP contribution >= 0.6 is 0 Å². The fraction of sp³-hybridized carbons (Fsp3) is 0.683. The third-order valence-corrected chi connectivity index (χ3v) is 13.7. The second kappa shape index (κ2) is 29.1. The smallest absolute Gasteiger partial charge is 0.373 e. The zero-order chi connectivity index (χ0) is 62.9. The number of cyclic esters (lactones) is 2. The van der Waals surface area contributed by atoms with Crippen molar-refractivity contribution in [3.8, 4) is 47.0 Å². The number of aliphatic hydroxyl groups is 1. The molecular formula is C63H87NO18. The van der Waals surface area contributed by atoms with E-state index in [1.54, 1.807) is 21.0 Å². The molecule has 19 nitrogen and oxygen atoms in total. The van der Waals surface area contributed by atoms with E-state index in [1.165, 1.54) is 5.56 Å². The molecule has 1 aromatic rings. The van der Waals surface area contributed by atoms with E-state index >= 15 is 0 Å². The van der Waals surface area contributed by atoms with E-state index in [9.17, 15) is 19.5 Å². The summed E-state index contributed by atoms with van der Waals surface area (Å²) in [6, 6.07) is 4.13. The van der Waals surface area contributed by atoms with Crippen molar-refractivity contribution in [2.75, 3.05) is 27.0 Å². The van der Waals surface area contributed by atoms with Crippen LogP contribution in [0.1, 0.15) is 187 Å². The number of methoxy groups -OCH3 is 1. The van der Waals surface area contributed by atoms with Gasteiger partial charge >= 0.3 is 36.4 Å². The Labute approximate surface area is 484 Å². The van der Waals surface area contributed by atoms with Gasteiger partial charge in [-0.25, -0.2) is 14.4 Å². The molecular weight excluding hydrogens is 1060 g/mol. The largest absolute Gasteiger partial charge is 0.497 e. The van der Waals surface area contributed by atoms with Gasteiger partial charge in [-0.15, -0.1) is 0 Å². The first kappa shape index (κ1) is 71.5. The zero-order valence-corrected chi connectivity index (χ0v) is 51.7. The van der Waals surface area contributed by atoms with E-state index in [0.29, 0.717) is 30.8 Å². The Hall–Kier alpha value is -6.57. The van der Waals surface area contributed by atoms with Gasteiger partial charge in [-0.2, -0.15) is 28.8 Å². The first-order valence-electron chi connectivity index (χ1n) is 27.4. The van der Waals surface area contributed by atoms with Crippen LogP contribution in [-0.4, -0.2) is 114 Å². The van der Waals surface area contributed by atoms with E-state index in [-0.39, 0.29) is 88.6 Å². The molecule has 452 valence electrons. The van der Waals surface area contributed by atoms with Crippen molar-refractivity contribution in [2.45, 2.75) is 223 Å². The maximum absolute atomic E-state index is 13.5. The predicted molar refractivity (Wildman–Crippen MR) is 296 cm³/mol. The molecule has 82 heavy (non-hydrogen) atoms. The van der Waals surface area contributed by atoms with Gasteiger partial charge in [-0.3, -0.25) is 4.90 Å². The Bertz CT molecular complexity index is 2700. The second-order valence-electron chi connectivity index (χ2n) is 26.1. The number of carbonyl (C=O) groups excluding carboxylic acids is 9. The van der Waals surface area contributed by atoms with E-state index in [2.05, 4.69) is 58.6 Å². The lowest BCUT2D eigenvalue weighted by atomic mass is 9.77. The summed E-state index contributed by atoms with van der Waals surface area (Å²) in [6.07, 6.45) is 5.73. The van der Waals surface area contributed by atoms with Crippen LogP contribution in [-0.2, 0) is 78.0 Å². The summed E-state index contributed by atoms with van der Waals surface area (Å²) in [6.45, 7) is 37.7. The topological polar surface area (TPSA) is 251 Å². The van der Waals surface area contributed by atoms with Gasteiger partial charge in [0.15, 0.2) is 34.4 Å². The molecule has 0 aromatic heterocycles. The molecule has 5 heterocycles. The minimum absolute atomic E-state index is 0.0234. The fourth-order valence-corrected chi connectivity index (χ4v) is 9.35. The van der Waals surface area contributed by atoms with Crippen LogP contribution in [0.5, 0.6) is 11.5 Å². The third-order valence-electron chi connectivity index (χ3n) is 13.7. The molecule has 0 bridgehead atoms. The summed E-state index contributed by atoms with van der Waals surface area (Å²) in [5.41, 5.74) is -2.35. The van der Waals surface area contributed by atoms with Crippen LogP contribution in [0, 0.1) is 62.6 Å². The predicted octanol–water partition coefficient (Wildman–Crippen LogP) is 8.83. The molecule has 0 saturated carbocycles. The van der Waals surface area contributed by atoms with Crippen LogP contribution < -0.4 is 9.47 Å². The van der Waals surface area contributed by atoms with Crippen LogP contribution in [0.3, 0.4) is 0 Å². The maximum Gasteiger partial charge on any atom is 0.373 e. The van der Waals surface area contributed by atoms with Crippen molar-refractivity contribution in [1.29, 1.82) is 0 Å². The van der Waals surface area contributed by atoms with Gasteiger partial charge in [0.25, 0.3) is 0 Å². The van der Waals surface area contributed by atoms with Crippen LogP contribution in [0.4, 0.5) is 0 Å². The van der Waals surface area contributed by atoms with Crippen molar-refractivity contribution in [2.24, 2.45) is 27.1 Å². The molecule has 3 saturated heterocycles. The molecule has 19 heteroatoms. The molecule has 5 aliphatic heterocycles. The lowest BCUT2D eigenvalue weighted by Gasteiger charge is -2.39. The van der Waals surface area contributed by atoms with Crippen molar-refractivity contribution < 1.29 is 86.2 Å². The number of esters is 3. The lowest BCUT2D eigenvalue weighted by Crippen LogP contribution is -2.49. The Morgan fingerprint density at radius 1 is 0.707 bits per heavy atom. The number of rotatable bonds is 8. The standard InChI is InChI=1S/C29H37NO6.C16H26O3.C15H24O3.3CO2/c1-6-29(32,12-7-10-27(2,3)4)26(31)36-25-23(33-5)17-28-11-8-13-30(28)14-9-19-15-21-22(35-18-34-21)16-20(19)24(25)28;1-8-16(11-9-10-14(2,3)4)12(17)18-13(19-16)15(5,6)7;1-13(2,3)9-8-10-15(7)11(16)17-12(18-15)14(4,5)6;3*2-1-3/h15-17,24-25,32H,6,8-9,11-14,18H2,1-5H3;13H,8,11H2,1-7H3;12H,10H2,1-7H3;;;/t24-,25-,28+,29+;13-,16-;12-,15-;;;/m100.../s1. The number of carbonyl (C=O) groups is 3. The number of benzene rings is 1. The van der Waals surface area contributed by atoms with Crippen LogP contribution in [0.15, 0.2) is 24.0 Å². The molecule has 6 aliphatic rings. The monoisotopic (exact) mass is 1150 g/mol. The van der Waals surface area contributed by atoms with Gasteiger partial charge in [0.2, 0.25) is 19.4 Å². The van der Waals surface area contributed by atoms with Gasteiger partial charge in [-0.05, 0) is 137 Å². The van der Waals surface area contributed by atoms with Crippen LogP contribution in [0.25, 0.3) is 0 Å². The van der Waals surface area contributed by atoms with Gasteiger partial charge in [-0.1, -0.05) is 90.9 Å². The fourth-order valence-electron chi connectivity index (χ4n) is 9.35. The quantitative estimate of drug-likeness (QED) is 0.145. The van der Waals surface area contributed by atoms with Gasteiger partial charge in [0.05, 0.1) is 18.6 Å². The number of hydrogen-bond donors (Lipinski definition) is 1. The van der Waals surface area contributed by atoms with Gasteiger partial charge in [0.1, 0.15) is 5.76 Å². The molecule has 0 unspecified atom stereocenters. The molecule has 0 radical (unpaired) electrons. The second-order valence-corrected chi connectivity index (χ2v) is 26.1. The normalized spacial score (nSPS) is 25.3. The molecule has 8 atom stereocenters. The van der Waals surface area contributed by atoms with Crippen LogP contribution in [0.2, 0.25) is 0 Å². The average molecular weight is 1150 g/mol. The van der Waals surface area contributed by atoms with Gasteiger partial charge < -0.3 is 43.0 Å². The van der Waals surface area contributed by atoms with E-state index in [1.807, 2.05) is 111 Å². The number of hydrogen-bond acceptors (Lipinski definition) is 19. The summed E-state index contributed by atoms with van der Waals surface area (Å²) in [4.78, 5) is 88.8. The third kappa shape index (κ3) is 19.5. The summed E-state index contributed by atoms with van der Waals surface area (Å²) < 4.78 is 45.8. The molecule has 3 fully saturated rings. The SMILES string of the molecule is CC(C)(C)C#CC[C@]1(C)O[C@@H](C(C)(C)C)OC1=O.CC[C@@]1(CC#CC(C)(C)C)O[C@@H](C(C)(C)C)OC1=O.CC[C@](O)(CC#CC(C)(C)C)C(=O)O[C@@H]1C(OC)=C[C@]23CCCN2CCc2cc4c(cc2[C@H]13)OCO4.O=C=O.O=C=O.O=C=O. The van der Waals surface area contributed by atoms with Gasteiger partial charge in [0, 0.05) is 52.9 Å². The first-order chi connectivity index (χ1) is 37.8. The van der Waals surface area contributed by atoms with Crippen molar-refractivity contribution in [3.05, 3.63) is 35.1 Å². The molecule has 1 spiro atoms. The van der Waals surface area contributed by atoms with E-state index < -0.39 is 41.5 Å². The maximum atomic E-state index is 13.5. The minimum atomic E-state index is -1.69. The van der Waals surface area contributed by atoms with Crippen molar-refractivity contribution in [3.63, 3.8) is 0 Å². The Kier molecular flexibility index (Phi) is 25.4. The van der Waals surface area contributed by atoms with Crippen molar-refractivity contribution >= 4 is 36.4 Å². The average Bonchev–Trinajstić information content (AvgIpc) is 4.18. The summed E-state index contributed by atoms with van der Waals surface area (Å²) in [5, 5.41) is 11.3. The summed E-state index contributed by atoms with van der Waals surface area (Å²) in [5.74, 6) is 19.2. The Morgan fingerprint density at radius 2 is 1.20 bits per heavy atom. The number of nitrogens with zero attached hydrogens (tertiary/aromatic N) is 1. The molecule has 0 amide bonds. The highest BCUT2D eigenvalue weighted by Crippen LogP contribution is 2.56. The Balaban J connectivity index is 0.000000423. The first-order valence-corrected chi connectivity index (χ1v) is 27.4. The van der Waals surface area contributed by atoms with Crippen molar-refractivity contribution in [1.82, 2.24) is 4.90 Å². The zero-order valence-electron chi connectivity index (χ0n) is 51.7. The van der Waals surface area contributed by atoms with E-state index in [0.717, 1.165) is 43.7 Å². The highest BCUT2D eigenvalue weighted by atomic mass is 16.8. The Morgan fingerprint density at radius 3 is 1.66 bits per heavy atom. The number of fused-ring (bicyclic) bond motifs is 3. The highest BCUT2D eigenvalue weighted by Gasteiger charge is 2.59. The summed E-state index contributed by atoms with van der Waals surface area (Å²) in [7, 11) is 1.62. The minimum Gasteiger partial charge on any atom is -0.497 e. The van der Waals surface area contributed by atoms with E-state index in [4.69, 9.17) is 66.7 Å².